The molecule has 100 valence electrons. The molecule has 2 rings (SSSR count). The number of nitrogens with zero attached hydrogens (tertiary/aromatic N) is 1. The van der Waals surface area contributed by atoms with Crippen LogP contribution in [0.15, 0.2) is 29.2 Å². The number of thioether (sulfide) groups is 1. The van der Waals surface area contributed by atoms with E-state index in [9.17, 15) is 10.1 Å². The van der Waals surface area contributed by atoms with Crippen molar-refractivity contribution in [2.75, 3.05) is 6.61 Å². The Morgan fingerprint density at radius 3 is 2.95 bits per heavy atom. The van der Waals surface area contributed by atoms with Crippen LogP contribution in [0.1, 0.15) is 25.8 Å². The number of carbonyl (C=O) groups is 1. The molecular formula is C15H17NO2S. The fourth-order valence-electron chi connectivity index (χ4n) is 2.29. The first-order valence-electron chi connectivity index (χ1n) is 6.42. The minimum absolute atomic E-state index is 0.270. The molecule has 0 radical (unpaired) electrons. The van der Waals surface area contributed by atoms with Crippen LogP contribution >= 0.6 is 11.8 Å². The molecule has 0 N–H and O–H groups in total. The Kier molecular flexibility index (Phi) is 4.16. The molecule has 0 saturated carbocycles. The van der Waals surface area contributed by atoms with Gasteiger partial charge >= 0.3 is 5.97 Å². The molecule has 3 nitrogen and oxygen atoms in total. The summed E-state index contributed by atoms with van der Waals surface area (Å²) in [6.07, 6.45) is 1.44. The third-order valence-electron chi connectivity index (χ3n) is 3.32. The highest BCUT2D eigenvalue weighted by atomic mass is 32.2. The SMILES string of the molecule is CCOC(=O)C(C)(C#N)CC1Cc2ccccc2S1. The van der Waals surface area contributed by atoms with Gasteiger partial charge in [-0.1, -0.05) is 18.2 Å². The van der Waals surface area contributed by atoms with E-state index in [0.29, 0.717) is 13.0 Å². The second-order valence-electron chi connectivity index (χ2n) is 4.92. The van der Waals surface area contributed by atoms with Crippen LogP contribution in [0.4, 0.5) is 0 Å². The summed E-state index contributed by atoms with van der Waals surface area (Å²) in [5, 5.41) is 9.57. The second-order valence-corrected chi connectivity index (χ2v) is 6.26. The van der Waals surface area contributed by atoms with Gasteiger partial charge in [0.2, 0.25) is 0 Å². The van der Waals surface area contributed by atoms with Crippen molar-refractivity contribution >= 4 is 17.7 Å². The monoisotopic (exact) mass is 275 g/mol. The number of esters is 1. The smallest absolute Gasteiger partial charge is 0.326 e. The maximum Gasteiger partial charge on any atom is 0.326 e. The highest BCUT2D eigenvalue weighted by Crippen LogP contribution is 2.42. The lowest BCUT2D eigenvalue weighted by molar-refractivity contribution is -0.151. The van der Waals surface area contributed by atoms with E-state index >= 15 is 0 Å². The average molecular weight is 275 g/mol. The number of rotatable bonds is 4. The quantitative estimate of drug-likeness (QED) is 0.792. The lowest BCUT2D eigenvalue weighted by Crippen LogP contribution is -2.31. The third kappa shape index (κ3) is 2.93. The van der Waals surface area contributed by atoms with Gasteiger partial charge in [-0.2, -0.15) is 5.26 Å². The Bertz CT molecular complexity index is 498. The van der Waals surface area contributed by atoms with E-state index in [1.165, 1.54) is 10.5 Å². The topological polar surface area (TPSA) is 50.1 Å². The first-order chi connectivity index (χ1) is 9.09. The second kappa shape index (κ2) is 5.66. The minimum Gasteiger partial charge on any atom is -0.465 e. The van der Waals surface area contributed by atoms with Crippen molar-refractivity contribution in [2.45, 2.75) is 36.8 Å². The van der Waals surface area contributed by atoms with Crippen LogP contribution in [-0.4, -0.2) is 17.8 Å². The third-order valence-corrected chi connectivity index (χ3v) is 4.64. The van der Waals surface area contributed by atoms with E-state index in [1.807, 2.05) is 12.1 Å². The molecule has 1 aliphatic heterocycles. The number of carbonyl (C=O) groups excluding carboxylic acids is 1. The highest BCUT2D eigenvalue weighted by Gasteiger charge is 2.39. The van der Waals surface area contributed by atoms with Gasteiger partial charge in [0.1, 0.15) is 0 Å². The maximum absolute atomic E-state index is 11.9. The molecular weight excluding hydrogens is 258 g/mol. The summed E-state index contributed by atoms with van der Waals surface area (Å²) in [5.41, 5.74) is 0.261. The Morgan fingerprint density at radius 2 is 2.32 bits per heavy atom. The molecule has 1 aliphatic rings. The summed E-state index contributed by atoms with van der Waals surface area (Å²) in [5.74, 6) is -0.408. The molecule has 2 atom stereocenters. The first-order valence-corrected chi connectivity index (χ1v) is 7.30. The molecule has 1 aromatic rings. The van der Waals surface area contributed by atoms with Crippen molar-refractivity contribution in [2.24, 2.45) is 5.41 Å². The summed E-state index contributed by atoms with van der Waals surface area (Å²) in [4.78, 5) is 13.2. The first kappa shape index (κ1) is 14.0. The van der Waals surface area contributed by atoms with Gasteiger partial charge in [-0.05, 0) is 38.3 Å². The summed E-state index contributed by atoms with van der Waals surface area (Å²) >= 11 is 1.76. The Labute approximate surface area is 118 Å². The molecule has 1 aromatic carbocycles. The van der Waals surface area contributed by atoms with Crippen LogP contribution in [0.5, 0.6) is 0 Å². The maximum atomic E-state index is 11.9. The largest absolute Gasteiger partial charge is 0.465 e. The van der Waals surface area contributed by atoms with Crippen molar-refractivity contribution in [3.8, 4) is 6.07 Å². The summed E-state index contributed by atoms with van der Waals surface area (Å²) in [7, 11) is 0. The van der Waals surface area contributed by atoms with Gasteiger partial charge in [-0.3, -0.25) is 4.79 Å². The molecule has 0 fully saturated rings. The molecule has 2 unspecified atom stereocenters. The van der Waals surface area contributed by atoms with Gasteiger partial charge in [0.05, 0.1) is 12.7 Å². The molecule has 0 aliphatic carbocycles. The van der Waals surface area contributed by atoms with Gasteiger partial charge < -0.3 is 4.74 Å². The molecule has 0 aromatic heterocycles. The molecule has 0 spiro atoms. The fraction of sp³-hybridized carbons (Fsp3) is 0.467. The van der Waals surface area contributed by atoms with Crippen LogP contribution in [0.2, 0.25) is 0 Å². The van der Waals surface area contributed by atoms with E-state index in [4.69, 9.17) is 4.74 Å². The summed E-state index contributed by atoms with van der Waals surface area (Å²) < 4.78 is 5.01. The molecule has 0 saturated heterocycles. The van der Waals surface area contributed by atoms with E-state index in [-0.39, 0.29) is 5.25 Å². The van der Waals surface area contributed by atoms with Crippen LogP contribution in [0, 0.1) is 16.7 Å². The number of fused-ring (bicyclic) bond motifs is 1. The Balaban J connectivity index is 2.06. The minimum atomic E-state index is -1.05. The fourth-order valence-corrected chi connectivity index (χ4v) is 3.79. The summed E-state index contributed by atoms with van der Waals surface area (Å²) in [6.45, 7) is 3.75. The van der Waals surface area contributed by atoms with Crippen molar-refractivity contribution in [1.29, 1.82) is 5.26 Å². The highest BCUT2D eigenvalue weighted by molar-refractivity contribution is 8.00. The Morgan fingerprint density at radius 1 is 1.58 bits per heavy atom. The lowest BCUT2D eigenvalue weighted by atomic mass is 9.86. The normalized spacial score (nSPS) is 20.2. The van der Waals surface area contributed by atoms with Crippen molar-refractivity contribution < 1.29 is 9.53 Å². The molecule has 0 bridgehead atoms. The average Bonchev–Trinajstić information content (AvgIpc) is 2.80. The van der Waals surface area contributed by atoms with Gasteiger partial charge in [0, 0.05) is 10.1 Å². The van der Waals surface area contributed by atoms with Gasteiger partial charge in [0.15, 0.2) is 5.41 Å². The van der Waals surface area contributed by atoms with Crippen LogP contribution in [-0.2, 0) is 16.0 Å². The van der Waals surface area contributed by atoms with Gasteiger partial charge in [0.25, 0.3) is 0 Å². The number of hydrogen-bond donors (Lipinski definition) is 0. The van der Waals surface area contributed by atoms with Gasteiger partial charge in [-0.15, -0.1) is 11.8 Å². The van der Waals surface area contributed by atoms with Crippen molar-refractivity contribution in [1.82, 2.24) is 0 Å². The molecule has 4 heteroatoms. The van der Waals surface area contributed by atoms with E-state index < -0.39 is 11.4 Å². The number of benzene rings is 1. The number of hydrogen-bond acceptors (Lipinski definition) is 4. The zero-order valence-corrected chi connectivity index (χ0v) is 12.0. The van der Waals surface area contributed by atoms with Crippen molar-refractivity contribution in [3.05, 3.63) is 29.8 Å². The number of nitriles is 1. The summed E-state index contributed by atoms with van der Waals surface area (Å²) in [6, 6.07) is 10.4. The van der Waals surface area contributed by atoms with Crippen LogP contribution in [0.3, 0.4) is 0 Å². The zero-order valence-electron chi connectivity index (χ0n) is 11.2. The predicted molar refractivity (Wildman–Crippen MR) is 74.8 cm³/mol. The van der Waals surface area contributed by atoms with Crippen molar-refractivity contribution in [3.63, 3.8) is 0 Å². The lowest BCUT2D eigenvalue weighted by Gasteiger charge is -2.22. The molecule has 1 heterocycles. The van der Waals surface area contributed by atoms with Crippen LogP contribution in [0.25, 0.3) is 0 Å². The molecule has 19 heavy (non-hydrogen) atoms. The predicted octanol–water partition coefficient (Wildman–Crippen LogP) is 3.19. The zero-order chi connectivity index (χ0) is 13.9. The standard InChI is InChI=1S/C15H17NO2S/c1-3-18-14(17)15(2,10-16)9-12-8-11-6-4-5-7-13(11)19-12/h4-7,12H,3,8-9H2,1-2H3. The van der Waals surface area contributed by atoms with Gasteiger partial charge in [-0.25, -0.2) is 0 Å². The van der Waals surface area contributed by atoms with E-state index in [2.05, 4.69) is 18.2 Å². The molecule has 0 amide bonds. The number of ether oxygens (including phenoxy) is 1. The van der Waals surface area contributed by atoms with E-state index in [1.54, 1.807) is 25.6 Å². The van der Waals surface area contributed by atoms with E-state index in [0.717, 1.165) is 6.42 Å². The van der Waals surface area contributed by atoms with Crippen LogP contribution < -0.4 is 0 Å². The Hall–Kier alpha value is -1.47.